The first kappa shape index (κ1) is 18.9. The first-order valence-electron chi connectivity index (χ1n) is 8.06. The largest absolute Gasteiger partial charge is 0.342 e. The van der Waals surface area contributed by atoms with Crippen LogP contribution in [0.3, 0.4) is 0 Å². The van der Waals surface area contributed by atoms with Crippen LogP contribution in [0.15, 0.2) is 11.2 Å². The van der Waals surface area contributed by atoms with Gasteiger partial charge in [-0.15, -0.1) is 0 Å². The van der Waals surface area contributed by atoms with Gasteiger partial charge in [0.1, 0.15) is 5.82 Å². The van der Waals surface area contributed by atoms with Gasteiger partial charge in [-0.3, -0.25) is 4.79 Å². The minimum Gasteiger partial charge on any atom is -0.342 e. The van der Waals surface area contributed by atoms with Gasteiger partial charge in [0, 0.05) is 45.3 Å². The number of hydrogen-bond donors (Lipinski definition) is 2. The van der Waals surface area contributed by atoms with Crippen LogP contribution >= 0.6 is 0 Å². The summed E-state index contributed by atoms with van der Waals surface area (Å²) in [6.07, 6.45) is 2.34. The normalized spacial score (nSPS) is 21.0. The zero-order chi connectivity index (χ0) is 18.1. The first-order chi connectivity index (χ1) is 11.0. The van der Waals surface area contributed by atoms with E-state index in [0.717, 1.165) is 6.42 Å². The Kier molecular flexibility index (Phi) is 5.36. The molecule has 1 saturated heterocycles. The summed E-state index contributed by atoms with van der Waals surface area (Å²) in [5, 5.41) is -0.0278. The molecule has 0 spiro atoms. The molecule has 136 valence electrons. The van der Waals surface area contributed by atoms with Gasteiger partial charge in [0.2, 0.25) is 5.91 Å². The van der Waals surface area contributed by atoms with Gasteiger partial charge >= 0.3 is 0 Å². The number of imidazole rings is 1. The number of aromatic nitrogens is 2. The summed E-state index contributed by atoms with van der Waals surface area (Å²) >= 11 is 0. The lowest BCUT2D eigenvalue weighted by molar-refractivity contribution is -0.134. The molecule has 24 heavy (non-hydrogen) atoms. The summed E-state index contributed by atoms with van der Waals surface area (Å²) in [6.45, 7) is 7.09. The molecule has 1 aromatic rings. The highest BCUT2D eigenvalue weighted by Gasteiger charge is 2.35. The highest BCUT2D eigenvalue weighted by Crippen LogP contribution is 2.27. The third-order valence-corrected chi connectivity index (χ3v) is 5.99. The Balaban J connectivity index is 1.88. The summed E-state index contributed by atoms with van der Waals surface area (Å²) in [4.78, 5) is 18.1. The smallest absolute Gasteiger partial charge is 0.259 e. The Hall–Kier alpha value is -1.45. The third kappa shape index (κ3) is 4.14. The van der Waals surface area contributed by atoms with Gasteiger partial charge in [-0.25, -0.2) is 18.1 Å². The number of nitrogens with two attached hydrogens (primary N) is 1. The average Bonchev–Trinajstić information content (AvgIpc) is 2.82. The molecule has 0 bridgehead atoms. The summed E-state index contributed by atoms with van der Waals surface area (Å²) in [5.41, 5.74) is 5.95. The number of rotatable bonds is 5. The average molecular weight is 357 g/mol. The van der Waals surface area contributed by atoms with E-state index in [0.29, 0.717) is 18.9 Å². The van der Waals surface area contributed by atoms with E-state index in [1.807, 2.05) is 13.8 Å². The molecule has 0 radical (unpaired) electrons. The molecule has 2 heterocycles. The van der Waals surface area contributed by atoms with Crippen LogP contribution in [0.2, 0.25) is 0 Å². The molecule has 1 aliphatic rings. The maximum Gasteiger partial charge on any atom is 0.259 e. The van der Waals surface area contributed by atoms with E-state index in [4.69, 9.17) is 5.73 Å². The molecule has 0 saturated carbocycles. The standard InChI is InChI=1S/C15H27N5O3S/c1-11-18-13(9-19(11)4)24(22,23)17-7-5-14(21)20-8-6-12(16)15(2,3)10-20/h9,12,17H,5-8,10,16H2,1-4H3. The van der Waals surface area contributed by atoms with E-state index in [9.17, 15) is 13.2 Å². The van der Waals surface area contributed by atoms with E-state index in [1.54, 1.807) is 23.4 Å². The number of carbonyl (C=O) groups excluding carboxylic acids is 1. The van der Waals surface area contributed by atoms with Gasteiger partial charge in [0.15, 0.2) is 5.03 Å². The lowest BCUT2D eigenvalue weighted by Crippen LogP contribution is -2.54. The van der Waals surface area contributed by atoms with Crippen molar-refractivity contribution < 1.29 is 13.2 Å². The van der Waals surface area contributed by atoms with Gasteiger partial charge in [-0.2, -0.15) is 0 Å². The number of carbonyl (C=O) groups is 1. The molecule has 0 aromatic carbocycles. The second-order valence-electron chi connectivity index (χ2n) is 7.08. The number of nitrogens with one attached hydrogen (secondary N) is 1. The van der Waals surface area contributed by atoms with Crippen LogP contribution in [0.4, 0.5) is 0 Å². The Labute approximate surface area is 143 Å². The van der Waals surface area contributed by atoms with E-state index in [-0.39, 0.29) is 35.4 Å². The van der Waals surface area contributed by atoms with Crippen molar-refractivity contribution in [2.45, 2.75) is 44.7 Å². The summed E-state index contributed by atoms with van der Waals surface area (Å²) in [5.74, 6) is 0.549. The lowest BCUT2D eigenvalue weighted by Gasteiger charge is -2.42. The van der Waals surface area contributed by atoms with Crippen LogP contribution in [0.5, 0.6) is 0 Å². The zero-order valence-corrected chi connectivity index (χ0v) is 15.6. The number of piperidine rings is 1. The monoisotopic (exact) mass is 357 g/mol. The van der Waals surface area contributed by atoms with Crippen molar-refractivity contribution in [3.63, 3.8) is 0 Å². The lowest BCUT2D eigenvalue weighted by atomic mass is 9.79. The Morgan fingerprint density at radius 1 is 1.50 bits per heavy atom. The molecule has 1 atom stereocenters. The summed E-state index contributed by atoms with van der Waals surface area (Å²) < 4.78 is 28.4. The number of nitrogens with zero attached hydrogens (tertiary/aromatic N) is 3. The molecular formula is C15H27N5O3S. The molecule has 1 fully saturated rings. The fourth-order valence-corrected chi connectivity index (χ4v) is 3.83. The molecule has 9 heteroatoms. The molecule has 8 nitrogen and oxygen atoms in total. The van der Waals surface area contributed by atoms with E-state index < -0.39 is 10.0 Å². The zero-order valence-electron chi connectivity index (χ0n) is 14.7. The second-order valence-corrected chi connectivity index (χ2v) is 8.80. The third-order valence-electron chi connectivity index (χ3n) is 4.66. The predicted octanol–water partition coefficient (Wildman–Crippen LogP) is -0.0173. The van der Waals surface area contributed by atoms with Crippen molar-refractivity contribution >= 4 is 15.9 Å². The number of likely N-dealkylation sites (tertiary alicyclic amines) is 1. The number of sulfonamides is 1. The first-order valence-corrected chi connectivity index (χ1v) is 9.54. The highest BCUT2D eigenvalue weighted by atomic mass is 32.2. The quantitative estimate of drug-likeness (QED) is 0.770. The van der Waals surface area contributed by atoms with Crippen molar-refractivity contribution in [2.75, 3.05) is 19.6 Å². The number of aryl methyl sites for hydroxylation is 2. The minimum atomic E-state index is -3.69. The molecule has 1 aromatic heterocycles. The van der Waals surface area contributed by atoms with Crippen molar-refractivity contribution in [2.24, 2.45) is 18.2 Å². The number of hydrogen-bond acceptors (Lipinski definition) is 5. The summed E-state index contributed by atoms with van der Waals surface area (Å²) in [7, 11) is -1.96. The van der Waals surface area contributed by atoms with Crippen molar-refractivity contribution in [3.8, 4) is 0 Å². The van der Waals surface area contributed by atoms with Gasteiger partial charge < -0.3 is 15.2 Å². The van der Waals surface area contributed by atoms with Crippen LogP contribution in [0.25, 0.3) is 0 Å². The fraction of sp³-hybridized carbons (Fsp3) is 0.733. The molecule has 0 aliphatic carbocycles. The van der Waals surface area contributed by atoms with E-state index in [2.05, 4.69) is 9.71 Å². The van der Waals surface area contributed by atoms with Gasteiger partial charge in [0.05, 0.1) is 0 Å². The molecule has 1 amide bonds. The maximum atomic E-state index is 12.3. The Morgan fingerprint density at radius 3 is 2.71 bits per heavy atom. The summed E-state index contributed by atoms with van der Waals surface area (Å²) in [6, 6.07) is 0.0763. The van der Waals surface area contributed by atoms with Crippen molar-refractivity contribution in [1.82, 2.24) is 19.2 Å². The van der Waals surface area contributed by atoms with Crippen molar-refractivity contribution in [3.05, 3.63) is 12.0 Å². The fourth-order valence-electron chi connectivity index (χ4n) is 2.77. The molecule has 3 N–H and O–H groups in total. The SMILES string of the molecule is Cc1nc(S(=O)(=O)NCCC(=O)N2CCC(N)C(C)(C)C2)cn1C. The number of amides is 1. The van der Waals surface area contributed by atoms with Crippen LogP contribution in [-0.2, 0) is 21.9 Å². The van der Waals surface area contributed by atoms with Gasteiger partial charge in [-0.1, -0.05) is 13.8 Å². The molecule has 1 aliphatic heterocycles. The molecule has 1 unspecified atom stereocenters. The molecular weight excluding hydrogens is 330 g/mol. The van der Waals surface area contributed by atoms with Gasteiger partial charge in [-0.05, 0) is 18.8 Å². The van der Waals surface area contributed by atoms with Crippen LogP contribution in [0.1, 0.15) is 32.5 Å². The van der Waals surface area contributed by atoms with E-state index in [1.165, 1.54) is 6.20 Å². The minimum absolute atomic E-state index is 0.0278. The second kappa shape index (κ2) is 6.81. The molecule has 2 rings (SSSR count). The van der Waals surface area contributed by atoms with Crippen LogP contribution in [-0.4, -0.2) is 54.5 Å². The van der Waals surface area contributed by atoms with E-state index >= 15 is 0 Å². The Morgan fingerprint density at radius 2 is 2.17 bits per heavy atom. The topological polar surface area (TPSA) is 110 Å². The van der Waals surface area contributed by atoms with Crippen LogP contribution < -0.4 is 10.5 Å². The predicted molar refractivity (Wildman–Crippen MR) is 90.7 cm³/mol. The maximum absolute atomic E-state index is 12.3. The Bertz CT molecular complexity index is 691. The van der Waals surface area contributed by atoms with Crippen molar-refractivity contribution in [1.29, 1.82) is 0 Å². The van der Waals surface area contributed by atoms with Gasteiger partial charge in [0.25, 0.3) is 10.0 Å². The van der Waals surface area contributed by atoms with Crippen LogP contribution in [0, 0.1) is 12.3 Å². The highest BCUT2D eigenvalue weighted by molar-refractivity contribution is 7.89.